The van der Waals surface area contributed by atoms with E-state index in [0.29, 0.717) is 17.0 Å². The lowest BCUT2D eigenvalue weighted by Gasteiger charge is -2.22. The molecule has 7 nitrogen and oxygen atoms in total. The lowest BCUT2D eigenvalue weighted by atomic mass is 9.92. The van der Waals surface area contributed by atoms with Gasteiger partial charge in [-0.2, -0.15) is 0 Å². The molecule has 0 saturated carbocycles. The number of amides is 1. The van der Waals surface area contributed by atoms with E-state index in [0.717, 1.165) is 75.8 Å². The molecule has 0 aliphatic carbocycles. The van der Waals surface area contributed by atoms with E-state index in [2.05, 4.69) is 22.0 Å². The molecule has 1 aliphatic heterocycles. The highest BCUT2D eigenvalue weighted by molar-refractivity contribution is 7.90. The number of pyridine rings is 1. The number of anilines is 1. The van der Waals surface area contributed by atoms with E-state index in [4.69, 9.17) is 4.98 Å². The summed E-state index contributed by atoms with van der Waals surface area (Å²) in [5.41, 5.74) is 7.03. The molecule has 2 aromatic heterocycles. The van der Waals surface area contributed by atoms with E-state index in [1.165, 1.54) is 0 Å². The SMILES string of the molecule is CN(C(=O)CN1CCCC1)c1cccc(-c2cnc3[nH]c4ccc(CS(=O)(=O)c5ccccc5)cc4c3c2-c2ccccc2)c1. The molecule has 1 N–H and O–H groups in total. The van der Waals surface area contributed by atoms with Crippen molar-refractivity contribution in [2.75, 3.05) is 31.6 Å². The van der Waals surface area contributed by atoms with Crippen molar-refractivity contribution < 1.29 is 13.2 Å². The number of nitrogens with zero attached hydrogens (tertiary/aromatic N) is 3. The Morgan fingerprint density at radius 3 is 2.33 bits per heavy atom. The van der Waals surface area contributed by atoms with Crippen molar-refractivity contribution in [2.24, 2.45) is 0 Å². The third kappa shape index (κ3) is 5.75. The minimum Gasteiger partial charge on any atom is -0.339 e. The number of H-pyrrole nitrogens is 1. The van der Waals surface area contributed by atoms with Gasteiger partial charge in [0.25, 0.3) is 0 Å². The van der Waals surface area contributed by atoms with Crippen LogP contribution in [0.15, 0.2) is 114 Å². The second-order valence-electron chi connectivity index (χ2n) is 11.7. The predicted octanol–water partition coefficient (Wildman–Crippen LogP) is 7.08. The molecule has 0 atom stereocenters. The number of aromatic amines is 1. The number of carbonyl (C=O) groups excluding carboxylic acids is 1. The number of benzene rings is 4. The van der Waals surface area contributed by atoms with E-state index in [9.17, 15) is 13.2 Å². The number of aromatic nitrogens is 2. The molecule has 0 bridgehead atoms. The summed E-state index contributed by atoms with van der Waals surface area (Å²) in [7, 11) is -1.69. The van der Waals surface area contributed by atoms with Crippen LogP contribution in [0.3, 0.4) is 0 Å². The minimum atomic E-state index is -3.52. The van der Waals surface area contributed by atoms with Gasteiger partial charge in [-0.1, -0.05) is 66.7 Å². The second-order valence-corrected chi connectivity index (χ2v) is 13.7. The van der Waals surface area contributed by atoms with Crippen LogP contribution in [-0.2, 0) is 20.4 Å². The monoisotopic (exact) mass is 614 g/mol. The molecule has 226 valence electrons. The molecule has 0 radical (unpaired) electrons. The van der Waals surface area contributed by atoms with Crippen molar-refractivity contribution in [3.8, 4) is 22.3 Å². The fourth-order valence-electron chi connectivity index (χ4n) is 6.31. The van der Waals surface area contributed by atoms with Crippen molar-refractivity contribution >= 4 is 43.4 Å². The predicted molar refractivity (Wildman–Crippen MR) is 181 cm³/mol. The van der Waals surface area contributed by atoms with Gasteiger partial charge in [-0.05, 0) is 79.0 Å². The van der Waals surface area contributed by atoms with Crippen molar-refractivity contribution in [3.63, 3.8) is 0 Å². The Morgan fingerprint density at radius 2 is 1.58 bits per heavy atom. The number of likely N-dealkylation sites (tertiary alicyclic amines) is 1. The lowest BCUT2D eigenvalue weighted by Crippen LogP contribution is -2.37. The number of carbonyl (C=O) groups is 1. The highest BCUT2D eigenvalue weighted by Gasteiger charge is 2.22. The zero-order valence-electron chi connectivity index (χ0n) is 25.1. The van der Waals surface area contributed by atoms with Gasteiger partial charge >= 0.3 is 0 Å². The highest BCUT2D eigenvalue weighted by Crippen LogP contribution is 2.41. The maximum Gasteiger partial charge on any atom is 0.240 e. The van der Waals surface area contributed by atoms with E-state index >= 15 is 0 Å². The second kappa shape index (κ2) is 12.0. The van der Waals surface area contributed by atoms with Crippen LogP contribution in [-0.4, -0.2) is 55.9 Å². The fraction of sp³-hybridized carbons (Fsp3) is 0.189. The Balaban J connectivity index is 1.34. The maximum atomic E-state index is 13.2. The normalized spacial score (nSPS) is 13.9. The Labute approximate surface area is 263 Å². The summed E-state index contributed by atoms with van der Waals surface area (Å²) >= 11 is 0. The summed E-state index contributed by atoms with van der Waals surface area (Å²) in [5, 5.41) is 1.84. The molecule has 0 unspecified atom stereocenters. The van der Waals surface area contributed by atoms with Crippen LogP contribution in [0.2, 0.25) is 0 Å². The van der Waals surface area contributed by atoms with Gasteiger partial charge in [0.05, 0.1) is 17.2 Å². The van der Waals surface area contributed by atoms with Gasteiger partial charge in [0, 0.05) is 46.3 Å². The van der Waals surface area contributed by atoms with Gasteiger partial charge in [-0.25, -0.2) is 13.4 Å². The van der Waals surface area contributed by atoms with Crippen molar-refractivity contribution in [2.45, 2.75) is 23.5 Å². The molecule has 8 heteroatoms. The first-order valence-corrected chi connectivity index (χ1v) is 16.9. The molecule has 7 rings (SSSR count). The summed E-state index contributed by atoms with van der Waals surface area (Å²) in [6.07, 6.45) is 4.16. The summed E-state index contributed by atoms with van der Waals surface area (Å²) in [6.45, 7) is 2.35. The summed E-state index contributed by atoms with van der Waals surface area (Å²) in [5.74, 6) is -0.0340. The molecule has 1 amide bonds. The molecular formula is C37H34N4O3S. The molecule has 1 fully saturated rings. The number of hydrogen-bond donors (Lipinski definition) is 1. The molecule has 6 aromatic rings. The Bertz CT molecular complexity index is 2120. The molecule has 3 heterocycles. The van der Waals surface area contributed by atoms with Crippen LogP contribution in [0.5, 0.6) is 0 Å². The first-order chi connectivity index (χ1) is 21.9. The van der Waals surface area contributed by atoms with Gasteiger partial charge in [0.15, 0.2) is 9.84 Å². The quantitative estimate of drug-likeness (QED) is 0.198. The van der Waals surface area contributed by atoms with Crippen LogP contribution in [0.1, 0.15) is 18.4 Å². The third-order valence-corrected chi connectivity index (χ3v) is 10.4. The van der Waals surface area contributed by atoms with Crippen LogP contribution in [0.4, 0.5) is 5.69 Å². The van der Waals surface area contributed by atoms with Gasteiger partial charge in [0.2, 0.25) is 5.91 Å². The van der Waals surface area contributed by atoms with Crippen LogP contribution >= 0.6 is 0 Å². The minimum absolute atomic E-state index is 0.0699. The Hall–Kier alpha value is -4.79. The number of nitrogens with one attached hydrogen (secondary N) is 1. The summed E-state index contributed by atoms with van der Waals surface area (Å²) in [6, 6.07) is 32.5. The standard InChI is InChI=1S/C37H34N4O3S/c1-40(34(42)24-41-19-8-9-20-41)29-14-10-13-28(22-29)32-23-38-37-36(35(32)27-11-4-2-5-12-27)31-21-26(17-18-33(31)39-37)25-45(43,44)30-15-6-3-7-16-30/h2-7,10-18,21-23H,8-9,19-20,24-25H2,1H3,(H,38,39). The molecular weight excluding hydrogens is 580 g/mol. The molecule has 1 aliphatic rings. The average molecular weight is 615 g/mol. The topological polar surface area (TPSA) is 86.4 Å². The van der Waals surface area contributed by atoms with E-state index in [-0.39, 0.29) is 11.7 Å². The third-order valence-electron chi connectivity index (χ3n) is 8.68. The highest BCUT2D eigenvalue weighted by atomic mass is 32.2. The number of likely N-dealkylation sites (N-methyl/N-ethyl adjacent to an activating group) is 1. The number of fused-ring (bicyclic) bond motifs is 3. The average Bonchev–Trinajstić information content (AvgIpc) is 3.72. The van der Waals surface area contributed by atoms with E-state index < -0.39 is 9.84 Å². The zero-order valence-corrected chi connectivity index (χ0v) is 25.9. The molecule has 4 aromatic carbocycles. The Kier molecular flexibility index (Phi) is 7.69. The lowest BCUT2D eigenvalue weighted by molar-refractivity contribution is -0.119. The van der Waals surface area contributed by atoms with Crippen molar-refractivity contribution in [1.29, 1.82) is 0 Å². The maximum absolute atomic E-state index is 13.2. The fourth-order valence-corrected chi connectivity index (χ4v) is 7.67. The largest absolute Gasteiger partial charge is 0.339 e. The molecule has 1 saturated heterocycles. The number of rotatable bonds is 8. The Morgan fingerprint density at radius 1 is 0.867 bits per heavy atom. The van der Waals surface area contributed by atoms with Gasteiger partial charge in [-0.15, -0.1) is 0 Å². The van der Waals surface area contributed by atoms with Crippen molar-refractivity contribution in [1.82, 2.24) is 14.9 Å². The smallest absolute Gasteiger partial charge is 0.240 e. The number of sulfone groups is 1. The molecule has 45 heavy (non-hydrogen) atoms. The zero-order chi connectivity index (χ0) is 31.0. The van der Waals surface area contributed by atoms with Crippen LogP contribution in [0, 0.1) is 0 Å². The number of hydrogen-bond acceptors (Lipinski definition) is 5. The van der Waals surface area contributed by atoms with Crippen LogP contribution in [0.25, 0.3) is 44.2 Å². The van der Waals surface area contributed by atoms with Gasteiger partial charge in [-0.3, -0.25) is 9.69 Å². The summed E-state index contributed by atoms with van der Waals surface area (Å²) < 4.78 is 26.5. The van der Waals surface area contributed by atoms with E-state index in [1.54, 1.807) is 29.2 Å². The summed E-state index contributed by atoms with van der Waals surface area (Å²) in [4.78, 5) is 25.7. The first kappa shape index (κ1) is 29.0. The van der Waals surface area contributed by atoms with E-state index in [1.807, 2.05) is 80.0 Å². The molecule has 0 spiro atoms. The van der Waals surface area contributed by atoms with Crippen molar-refractivity contribution in [3.05, 3.63) is 115 Å². The van der Waals surface area contributed by atoms with Gasteiger partial charge in [0.1, 0.15) is 5.65 Å². The first-order valence-electron chi connectivity index (χ1n) is 15.2. The van der Waals surface area contributed by atoms with Crippen LogP contribution < -0.4 is 4.90 Å². The van der Waals surface area contributed by atoms with Gasteiger partial charge < -0.3 is 9.88 Å².